The first-order chi connectivity index (χ1) is 6.27. The van der Waals surface area contributed by atoms with E-state index in [1.54, 1.807) is 0 Å². The van der Waals surface area contributed by atoms with Crippen molar-refractivity contribution in [3.63, 3.8) is 0 Å². The fourth-order valence-corrected chi connectivity index (χ4v) is 1.81. The first-order valence-corrected chi connectivity index (χ1v) is 5.02. The van der Waals surface area contributed by atoms with Gasteiger partial charge in [0.05, 0.1) is 0 Å². The van der Waals surface area contributed by atoms with Crippen molar-refractivity contribution >= 4 is 0 Å². The number of rotatable bonds is 1. The molecule has 0 radical (unpaired) electrons. The monoisotopic (exact) mass is 176 g/mol. The van der Waals surface area contributed by atoms with Crippen molar-refractivity contribution in [2.75, 3.05) is 0 Å². The minimum atomic E-state index is 0.412. The Bertz CT molecular complexity index is 291. The molecular weight excluding hydrogens is 160 g/mol. The highest BCUT2D eigenvalue weighted by atomic mass is 16.5. The molecule has 1 aliphatic heterocycles. The molecule has 1 heterocycles. The number of benzene rings is 1. The summed E-state index contributed by atoms with van der Waals surface area (Å²) in [5.41, 5.74) is 1.36. The highest BCUT2D eigenvalue weighted by Gasteiger charge is 2.21. The molecule has 1 aromatic rings. The van der Waals surface area contributed by atoms with Crippen LogP contribution in [0, 0.1) is 5.92 Å². The molecule has 1 atom stereocenters. The highest BCUT2D eigenvalue weighted by molar-refractivity contribution is 5.35. The molecule has 1 nitrogen and oxygen atoms in total. The molecular formula is C12H16O. The third kappa shape index (κ3) is 1.69. The lowest BCUT2D eigenvalue weighted by atomic mass is 9.96. The molecule has 0 bridgehead atoms. The molecule has 1 unspecified atom stereocenters. The number of hydrogen-bond acceptors (Lipinski definition) is 1. The molecule has 0 aromatic heterocycles. The lowest BCUT2D eigenvalue weighted by molar-refractivity contribution is 0.127. The van der Waals surface area contributed by atoms with Crippen LogP contribution in [0.1, 0.15) is 25.8 Å². The Hall–Kier alpha value is -0.980. The van der Waals surface area contributed by atoms with E-state index < -0.39 is 0 Å². The number of fused-ring (bicyclic) bond motifs is 1. The van der Waals surface area contributed by atoms with Gasteiger partial charge in [0.25, 0.3) is 0 Å². The minimum Gasteiger partial charge on any atom is -0.490 e. The number of para-hydroxylation sites is 1. The van der Waals surface area contributed by atoms with Gasteiger partial charge < -0.3 is 4.74 Å². The fraction of sp³-hybridized carbons (Fsp3) is 0.500. The SMILES string of the molecule is CC(C)C1CCc2ccccc2O1. The summed E-state index contributed by atoms with van der Waals surface area (Å²) in [5, 5.41) is 0. The normalized spacial score (nSPS) is 21.0. The first-order valence-electron chi connectivity index (χ1n) is 5.02. The Morgan fingerprint density at radius 3 is 2.85 bits per heavy atom. The van der Waals surface area contributed by atoms with Crippen LogP contribution in [0.2, 0.25) is 0 Å². The van der Waals surface area contributed by atoms with E-state index in [0.717, 1.165) is 12.2 Å². The van der Waals surface area contributed by atoms with E-state index in [1.165, 1.54) is 12.0 Å². The molecule has 1 aromatic carbocycles. The van der Waals surface area contributed by atoms with Gasteiger partial charge in [0.2, 0.25) is 0 Å². The maximum atomic E-state index is 5.89. The van der Waals surface area contributed by atoms with E-state index in [9.17, 15) is 0 Å². The third-order valence-corrected chi connectivity index (χ3v) is 2.69. The van der Waals surface area contributed by atoms with Gasteiger partial charge in [-0.3, -0.25) is 0 Å². The molecule has 1 aliphatic rings. The van der Waals surface area contributed by atoms with Gasteiger partial charge >= 0.3 is 0 Å². The zero-order valence-electron chi connectivity index (χ0n) is 8.29. The van der Waals surface area contributed by atoms with Crippen LogP contribution in [0.15, 0.2) is 24.3 Å². The van der Waals surface area contributed by atoms with Gasteiger partial charge in [-0.15, -0.1) is 0 Å². The summed E-state index contributed by atoms with van der Waals surface area (Å²) in [6.45, 7) is 4.44. The second-order valence-corrected chi connectivity index (χ2v) is 4.05. The van der Waals surface area contributed by atoms with Crippen molar-refractivity contribution in [2.24, 2.45) is 5.92 Å². The standard InChI is InChI=1S/C12H16O/c1-9(2)11-8-7-10-5-3-4-6-12(10)13-11/h3-6,9,11H,7-8H2,1-2H3. The lowest BCUT2D eigenvalue weighted by Crippen LogP contribution is -2.27. The Kier molecular flexibility index (Phi) is 2.26. The quantitative estimate of drug-likeness (QED) is 0.639. The summed E-state index contributed by atoms with van der Waals surface area (Å²) >= 11 is 0. The van der Waals surface area contributed by atoms with Crippen molar-refractivity contribution < 1.29 is 4.74 Å². The van der Waals surface area contributed by atoms with Gasteiger partial charge in [0, 0.05) is 0 Å². The second-order valence-electron chi connectivity index (χ2n) is 4.05. The lowest BCUT2D eigenvalue weighted by Gasteiger charge is -2.28. The van der Waals surface area contributed by atoms with Crippen molar-refractivity contribution in [1.82, 2.24) is 0 Å². The minimum absolute atomic E-state index is 0.412. The van der Waals surface area contributed by atoms with Gasteiger partial charge in [-0.05, 0) is 30.4 Å². The van der Waals surface area contributed by atoms with E-state index in [2.05, 4.69) is 32.0 Å². The predicted octanol–water partition coefficient (Wildman–Crippen LogP) is 3.04. The van der Waals surface area contributed by atoms with E-state index in [-0.39, 0.29) is 0 Å². The predicted molar refractivity (Wildman–Crippen MR) is 54.0 cm³/mol. The Morgan fingerprint density at radius 2 is 2.08 bits per heavy atom. The molecule has 0 fully saturated rings. The van der Waals surface area contributed by atoms with Crippen LogP contribution in [0.3, 0.4) is 0 Å². The topological polar surface area (TPSA) is 9.23 Å². The van der Waals surface area contributed by atoms with Crippen LogP contribution in [0.25, 0.3) is 0 Å². The van der Waals surface area contributed by atoms with Crippen LogP contribution < -0.4 is 4.74 Å². The van der Waals surface area contributed by atoms with E-state index in [1.807, 2.05) is 6.07 Å². The van der Waals surface area contributed by atoms with Crippen LogP contribution in [0.5, 0.6) is 5.75 Å². The van der Waals surface area contributed by atoms with Crippen molar-refractivity contribution in [2.45, 2.75) is 32.8 Å². The summed E-state index contributed by atoms with van der Waals surface area (Å²) < 4.78 is 5.89. The Labute approximate surface area is 79.7 Å². The van der Waals surface area contributed by atoms with Gasteiger partial charge in [0.15, 0.2) is 0 Å². The number of hydrogen-bond donors (Lipinski definition) is 0. The maximum absolute atomic E-state index is 5.89. The summed E-state index contributed by atoms with van der Waals surface area (Å²) in [6.07, 6.45) is 2.74. The molecule has 0 N–H and O–H groups in total. The largest absolute Gasteiger partial charge is 0.490 e. The van der Waals surface area contributed by atoms with Gasteiger partial charge in [0.1, 0.15) is 11.9 Å². The zero-order valence-corrected chi connectivity index (χ0v) is 8.29. The van der Waals surface area contributed by atoms with Crippen molar-refractivity contribution in [3.05, 3.63) is 29.8 Å². The molecule has 0 amide bonds. The fourth-order valence-electron chi connectivity index (χ4n) is 1.81. The molecule has 13 heavy (non-hydrogen) atoms. The van der Waals surface area contributed by atoms with Crippen molar-refractivity contribution in [3.8, 4) is 5.75 Å². The molecule has 0 aliphatic carbocycles. The Balaban J connectivity index is 2.20. The summed E-state index contributed by atoms with van der Waals surface area (Å²) in [4.78, 5) is 0. The molecule has 0 saturated carbocycles. The molecule has 0 saturated heterocycles. The van der Waals surface area contributed by atoms with Crippen LogP contribution in [0.4, 0.5) is 0 Å². The van der Waals surface area contributed by atoms with Crippen LogP contribution in [-0.4, -0.2) is 6.10 Å². The van der Waals surface area contributed by atoms with Crippen LogP contribution in [-0.2, 0) is 6.42 Å². The molecule has 70 valence electrons. The summed E-state index contributed by atoms with van der Waals surface area (Å²) in [7, 11) is 0. The van der Waals surface area contributed by atoms with Gasteiger partial charge in [-0.25, -0.2) is 0 Å². The van der Waals surface area contributed by atoms with Gasteiger partial charge in [-0.1, -0.05) is 32.0 Å². The highest BCUT2D eigenvalue weighted by Crippen LogP contribution is 2.29. The Morgan fingerprint density at radius 1 is 1.31 bits per heavy atom. The van der Waals surface area contributed by atoms with E-state index in [0.29, 0.717) is 12.0 Å². The van der Waals surface area contributed by atoms with E-state index in [4.69, 9.17) is 4.74 Å². The average Bonchev–Trinajstić information content (AvgIpc) is 2.17. The maximum Gasteiger partial charge on any atom is 0.122 e. The number of ether oxygens (including phenoxy) is 1. The summed E-state index contributed by atoms with van der Waals surface area (Å²) in [6, 6.07) is 8.36. The third-order valence-electron chi connectivity index (χ3n) is 2.69. The second kappa shape index (κ2) is 3.41. The molecule has 1 heteroatoms. The van der Waals surface area contributed by atoms with Crippen LogP contribution >= 0.6 is 0 Å². The average molecular weight is 176 g/mol. The van der Waals surface area contributed by atoms with Gasteiger partial charge in [-0.2, -0.15) is 0 Å². The first kappa shape index (κ1) is 8.61. The van der Waals surface area contributed by atoms with Crippen molar-refractivity contribution in [1.29, 1.82) is 0 Å². The number of aryl methyl sites for hydroxylation is 1. The zero-order chi connectivity index (χ0) is 9.26. The molecule has 0 spiro atoms. The smallest absolute Gasteiger partial charge is 0.122 e. The van der Waals surface area contributed by atoms with E-state index >= 15 is 0 Å². The molecule has 2 rings (SSSR count). The summed E-state index contributed by atoms with van der Waals surface area (Å²) in [5.74, 6) is 1.71.